The van der Waals surface area contributed by atoms with E-state index < -0.39 is 0 Å². The molecule has 0 saturated carbocycles. The van der Waals surface area contributed by atoms with Gasteiger partial charge in [-0.15, -0.1) is 0 Å². The Labute approximate surface area is 165 Å². The number of aryl methyl sites for hydroxylation is 1. The number of amidine groups is 1. The third kappa shape index (κ3) is 2.72. The maximum absolute atomic E-state index is 10.6. The predicted molar refractivity (Wildman–Crippen MR) is 108 cm³/mol. The molecular formula is C19H16Cl2N4O2. The van der Waals surface area contributed by atoms with E-state index in [4.69, 9.17) is 33.3 Å². The lowest BCUT2D eigenvalue weighted by molar-refractivity contribution is 0.411. The van der Waals surface area contributed by atoms with E-state index in [-0.39, 0.29) is 18.1 Å². The molecule has 1 aromatic heterocycles. The Bertz CT molecular complexity index is 1120. The van der Waals surface area contributed by atoms with Crippen molar-refractivity contribution in [1.82, 2.24) is 9.55 Å². The van der Waals surface area contributed by atoms with Gasteiger partial charge in [0, 0.05) is 13.1 Å². The highest BCUT2D eigenvalue weighted by molar-refractivity contribution is 6.44. The molecule has 4 rings (SSSR count). The summed E-state index contributed by atoms with van der Waals surface area (Å²) in [5.74, 6) is 1.36. The van der Waals surface area contributed by atoms with Crippen molar-refractivity contribution in [1.29, 1.82) is 5.41 Å². The van der Waals surface area contributed by atoms with E-state index in [0.717, 1.165) is 11.0 Å². The standard InChI is InChI=1S/C19H16Cl2N4O2/c1-24-13-7-6-10(27-2)8-12(13)23-19(24)16-15(26)9-25(18(16)22)14-5-3-4-11(20)17(14)21/h3-8,22,26H,9H2,1-2H3. The van der Waals surface area contributed by atoms with Crippen molar-refractivity contribution in [3.8, 4) is 5.75 Å². The van der Waals surface area contributed by atoms with Gasteiger partial charge in [0.1, 0.15) is 23.2 Å². The molecule has 0 bridgehead atoms. The Morgan fingerprint density at radius 3 is 2.74 bits per heavy atom. The first-order valence-corrected chi connectivity index (χ1v) is 8.91. The Kier molecular flexibility index (Phi) is 4.25. The molecule has 0 unspecified atom stereocenters. The van der Waals surface area contributed by atoms with E-state index in [1.807, 2.05) is 29.8 Å². The SMILES string of the molecule is COc1ccc2c(c1)nc(C1=C(O)CN(c3cccc(Cl)c3Cl)C1=N)n2C. The molecule has 0 spiro atoms. The van der Waals surface area contributed by atoms with Crippen molar-refractivity contribution in [3.63, 3.8) is 0 Å². The lowest BCUT2D eigenvalue weighted by Crippen LogP contribution is -2.26. The molecule has 2 aromatic carbocycles. The van der Waals surface area contributed by atoms with Crippen molar-refractivity contribution in [3.05, 3.63) is 58.0 Å². The number of ether oxygens (including phenoxy) is 1. The van der Waals surface area contributed by atoms with Gasteiger partial charge in [0.05, 0.1) is 46.0 Å². The van der Waals surface area contributed by atoms with Crippen LogP contribution in [0.3, 0.4) is 0 Å². The number of anilines is 1. The number of imidazole rings is 1. The minimum absolute atomic E-state index is 0.0569. The molecule has 2 heterocycles. The van der Waals surface area contributed by atoms with Gasteiger partial charge in [0.2, 0.25) is 0 Å². The van der Waals surface area contributed by atoms with Crippen LogP contribution in [0.5, 0.6) is 5.75 Å². The number of halogens is 2. The van der Waals surface area contributed by atoms with E-state index in [1.165, 1.54) is 0 Å². The third-order valence-electron chi connectivity index (χ3n) is 4.64. The number of aliphatic hydroxyl groups excluding tert-OH is 1. The zero-order chi connectivity index (χ0) is 19.3. The number of nitrogens with one attached hydrogen (secondary N) is 1. The number of hydrogen-bond donors (Lipinski definition) is 2. The van der Waals surface area contributed by atoms with Crippen LogP contribution in [-0.4, -0.2) is 34.1 Å². The smallest absolute Gasteiger partial charge is 0.148 e. The molecule has 1 aliphatic rings. The average molecular weight is 403 g/mol. The Morgan fingerprint density at radius 1 is 1.22 bits per heavy atom. The van der Waals surface area contributed by atoms with Crippen LogP contribution < -0.4 is 9.64 Å². The minimum atomic E-state index is 0.0569. The fourth-order valence-corrected chi connectivity index (χ4v) is 3.65. The first-order chi connectivity index (χ1) is 12.9. The molecule has 6 nitrogen and oxygen atoms in total. The highest BCUT2D eigenvalue weighted by atomic mass is 35.5. The fourth-order valence-electron chi connectivity index (χ4n) is 3.25. The highest BCUT2D eigenvalue weighted by Gasteiger charge is 2.33. The summed E-state index contributed by atoms with van der Waals surface area (Å²) in [4.78, 5) is 6.22. The zero-order valence-electron chi connectivity index (χ0n) is 14.6. The molecule has 0 saturated heterocycles. The molecular weight excluding hydrogens is 387 g/mol. The van der Waals surface area contributed by atoms with E-state index >= 15 is 0 Å². The Hall–Kier alpha value is -2.70. The van der Waals surface area contributed by atoms with Gasteiger partial charge >= 0.3 is 0 Å². The lowest BCUT2D eigenvalue weighted by atomic mass is 10.2. The highest BCUT2D eigenvalue weighted by Crippen LogP contribution is 2.38. The van der Waals surface area contributed by atoms with Gasteiger partial charge in [0.25, 0.3) is 0 Å². The second kappa shape index (κ2) is 6.48. The van der Waals surface area contributed by atoms with Gasteiger partial charge in [-0.3, -0.25) is 5.41 Å². The van der Waals surface area contributed by atoms with Gasteiger partial charge < -0.3 is 19.3 Å². The first kappa shape index (κ1) is 17.7. The summed E-state index contributed by atoms with van der Waals surface area (Å²) in [6.07, 6.45) is 0. The summed E-state index contributed by atoms with van der Waals surface area (Å²) in [7, 11) is 3.44. The molecule has 0 radical (unpaired) electrons. The van der Waals surface area contributed by atoms with Crippen LogP contribution in [0.2, 0.25) is 10.0 Å². The van der Waals surface area contributed by atoms with E-state index in [2.05, 4.69) is 4.98 Å². The number of methoxy groups -OCH3 is 1. The summed E-state index contributed by atoms with van der Waals surface area (Å²) in [5.41, 5.74) is 2.53. The Balaban J connectivity index is 1.79. The van der Waals surface area contributed by atoms with E-state index in [0.29, 0.717) is 32.9 Å². The first-order valence-electron chi connectivity index (χ1n) is 8.15. The largest absolute Gasteiger partial charge is 0.509 e. The molecule has 138 valence electrons. The lowest BCUT2D eigenvalue weighted by Gasteiger charge is -2.20. The molecule has 1 aliphatic heterocycles. The summed E-state index contributed by atoms with van der Waals surface area (Å²) >= 11 is 12.4. The number of hydrogen-bond acceptors (Lipinski definition) is 4. The normalized spacial score (nSPS) is 14.5. The van der Waals surface area contributed by atoms with Crippen molar-refractivity contribution >= 4 is 51.3 Å². The quantitative estimate of drug-likeness (QED) is 0.668. The van der Waals surface area contributed by atoms with Crippen LogP contribution >= 0.6 is 23.2 Å². The maximum Gasteiger partial charge on any atom is 0.148 e. The molecule has 2 N–H and O–H groups in total. The minimum Gasteiger partial charge on any atom is -0.509 e. The number of benzene rings is 2. The molecule has 0 fully saturated rings. The predicted octanol–water partition coefficient (Wildman–Crippen LogP) is 4.66. The van der Waals surface area contributed by atoms with Gasteiger partial charge in [-0.1, -0.05) is 29.3 Å². The molecule has 27 heavy (non-hydrogen) atoms. The average Bonchev–Trinajstić information content (AvgIpc) is 3.13. The molecule has 3 aromatic rings. The number of aliphatic hydroxyl groups is 1. The van der Waals surface area contributed by atoms with Crippen LogP contribution in [0.1, 0.15) is 5.82 Å². The Morgan fingerprint density at radius 2 is 2.00 bits per heavy atom. The van der Waals surface area contributed by atoms with Crippen LogP contribution in [0, 0.1) is 5.41 Å². The van der Waals surface area contributed by atoms with Crippen LogP contribution in [0.25, 0.3) is 16.6 Å². The number of aromatic nitrogens is 2. The van der Waals surface area contributed by atoms with Crippen molar-refractivity contribution in [2.24, 2.45) is 7.05 Å². The topological polar surface area (TPSA) is 74.4 Å². The summed E-state index contributed by atoms with van der Waals surface area (Å²) in [6.45, 7) is 0.126. The summed E-state index contributed by atoms with van der Waals surface area (Å²) in [6, 6.07) is 10.8. The zero-order valence-corrected chi connectivity index (χ0v) is 16.1. The number of rotatable bonds is 3. The molecule has 0 aliphatic carbocycles. The van der Waals surface area contributed by atoms with Gasteiger partial charge in [-0.05, 0) is 24.3 Å². The van der Waals surface area contributed by atoms with Crippen molar-refractivity contribution < 1.29 is 9.84 Å². The fraction of sp³-hybridized carbons (Fsp3) is 0.158. The van der Waals surface area contributed by atoms with Gasteiger partial charge in [0.15, 0.2) is 0 Å². The van der Waals surface area contributed by atoms with Crippen molar-refractivity contribution in [2.45, 2.75) is 0 Å². The van der Waals surface area contributed by atoms with E-state index in [1.54, 1.807) is 30.2 Å². The molecule has 0 amide bonds. The van der Waals surface area contributed by atoms with Crippen molar-refractivity contribution in [2.75, 3.05) is 18.6 Å². The van der Waals surface area contributed by atoms with Gasteiger partial charge in [-0.25, -0.2) is 4.98 Å². The van der Waals surface area contributed by atoms with Crippen LogP contribution in [-0.2, 0) is 7.05 Å². The monoisotopic (exact) mass is 402 g/mol. The van der Waals surface area contributed by atoms with E-state index in [9.17, 15) is 5.11 Å². The summed E-state index contributed by atoms with van der Waals surface area (Å²) < 4.78 is 7.10. The number of fused-ring (bicyclic) bond motifs is 1. The number of nitrogens with zero attached hydrogens (tertiary/aromatic N) is 3. The maximum atomic E-state index is 10.6. The second-order valence-electron chi connectivity index (χ2n) is 6.18. The third-order valence-corrected chi connectivity index (χ3v) is 5.45. The molecule has 0 atom stereocenters. The van der Waals surface area contributed by atoms with Gasteiger partial charge in [-0.2, -0.15) is 0 Å². The second-order valence-corrected chi connectivity index (χ2v) is 6.96. The summed E-state index contributed by atoms with van der Waals surface area (Å²) in [5, 5.41) is 19.9. The molecule has 8 heteroatoms. The van der Waals surface area contributed by atoms with Crippen LogP contribution in [0.4, 0.5) is 5.69 Å². The van der Waals surface area contributed by atoms with Crippen LogP contribution in [0.15, 0.2) is 42.2 Å².